The van der Waals surface area contributed by atoms with Gasteiger partial charge in [-0.3, -0.25) is 9.69 Å². The number of carbonyl (C=O) groups is 2. The first-order valence-corrected chi connectivity index (χ1v) is 9.98. The van der Waals surface area contributed by atoms with E-state index in [1.54, 1.807) is 18.9 Å². The minimum atomic E-state index is -0.487. The van der Waals surface area contributed by atoms with E-state index in [0.29, 0.717) is 23.5 Å². The van der Waals surface area contributed by atoms with Crippen LogP contribution < -0.4 is 10.1 Å². The van der Waals surface area contributed by atoms with Gasteiger partial charge in [0.25, 0.3) is 5.91 Å². The van der Waals surface area contributed by atoms with Gasteiger partial charge in [-0.15, -0.1) is 0 Å². The van der Waals surface area contributed by atoms with Crippen molar-refractivity contribution in [2.45, 2.75) is 39.3 Å². The summed E-state index contributed by atoms with van der Waals surface area (Å²) in [4.78, 5) is 26.4. The third-order valence-corrected chi connectivity index (χ3v) is 5.48. The Bertz CT molecular complexity index is 861. The van der Waals surface area contributed by atoms with Crippen molar-refractivity contribution in [3.05, 3.63) is 29.0 Å². The number of nitrogens with zero attached hydrogens (tertiary/aromatic N) is 1. The molecule has 7 heteroatoms. The first-order chi connectivity index (χ1) is 12.4. The number of furan rings is 1. The number of imide groups is 1. The Balaban J connectivity index is 1.97. The van der Waals surface area contributed by atoms with Crippen molar-refractivity contribution in [1.29, 1.82) is 0 Å². The summed E-state index contributed by atoms with van der Waals surface area (Å²) < 4.78 is 11.5. The van der Waals surface area contributed by atoms with Crippen molar-refractivity contribution in [2.24, 2.45) is 0 Å². The fraction of sp³-hybridized carbons (Fsp3) is 0.474. The second-order valence-electron chi connectivity index (χ2n) is 6.60. The molecule has 1 aromatic heterocycles. The third kappa shape index (κ3) is 3.05. The predicted molar refractivity (Wildman–Crippen MR) is 103 cm³/mol. The lowest BCUT2D eigenvalue weighted by atomic mass is 10.1. The van der Waals surface area contributed by atoms with Crippen LogP contribution in [-0.2, 0) is 4.79 Å². The normalized spacial score (nSPS) is 18.5. The maximum absolute atomic E-state index is 12.7. The number of urea groups is 1. The van der Waals surface area contributed by atoms with Crippen LogP contribution in [0.3, 0.4) is 0 Å². The van der Waals surface area contributed by atoms with E-state index in [1.165, 1.54) is 4.90 Å². The molecule has 140 valence electrons. The Morgan fingerprint density at radius 1 is 1.35 bits per heavy atom. The first-order valence-electron chi connectivity index (χ1n) is 8.59. The van der Waals surface area contributed by atoms with Gasteiger partial charge >= 0.3 is 6.03 Å². The highest BCUT2D eigenvalue weighted by atomic mass is 32.2. The molecule has 3 rings (SSSR count). The molecule has 0 bridgehead atoms. The molecule has 6 nitrogen and oxygen atoms in total. The van der Waals surface area contributed by atoms with Gasteiger partial charge in [-0.25, -0.2) is 4.79 Å². The first kappa shape index (κ1) is 18.6. The predicted octanol–water partition coefficient (Wildman–Crippen LogP) is 3.79. The van der Waals surface area contributed by atoms with Crippen molar-refractivity contribution < 1.29 is 18.7 Å². The number of amides is 3. The summed E-state index contributed by atoms with van der Waals surface area (Å²) in [7, 11) is 1.60. The van der Waals surface area contributed by atoms with Crippen LogP contribution in [0.1, 0.15) is 36.3 Å². The molecule has 26 heavy (non-hydrogen) atoms. The van der Waals surface area contributed by atoms with Gasteiger partial charge in [0.05, 0.1) is 13.2 Å². The summed E-state index contributed by atoms with van der Waals surface area (Å²) in [5.41, 5.74) is 2.62. The fourth-order valence-corrected chi connectivity index (χ4v) is 3.93. The molecule has 2 heterocycles. The molecule has 2 atom stereocenters. The molecule has 0 saturated carbocycles. The lowest BCUT2D eigenvalue weighted by Crippen LogP contribution is -2.34. The van der Waals surface area contributed by atoms with Crippen LogP contribution in [-0.4, -0.2) is 42.0 Å². The number of carbonyl (C=O) groups excluding carboxylic acids is 2. The summed E-state index contributed by atoms with van der Waals surface area (Å²) in [6.07, 6.45) is 2.61. The fourth-order valence-electron chi connectivity index (χ4n) is 3.46. The zero-order valence-corrected chi connectivity index (χ0v) is 16.5. The van der Waals surface area contributed by atoms with E-state index in [4.69, 9.17) is 9.15 Å². The largest absolute Gasteiger partial charge is 0.493 e. The van der Waals surface area contributed by atoms with Gasteiger partial charge in [0.1, 0.15) is 11.8 Å². The maximum Gasteiger partial charge on any atom is 0.325 e. The van der Waals surface area contributed by atoms with E-state index in [1.807, 2.05) is 39.2 Å². The summed E-state index contributed by atoms with van der Waals surface area (Å²) in [5, 5.41) is 3.72. The van der Waals surface area contributed by atoms with Crippen LogP contribution in [0.15, 0.2) is 16.5 Å². The Labute approximate surface area is 157 Å². The van der Waals surface area contributed by atoms with Crippen LogP contribution >= 0.6 is 11.8 Å². The van der Waals surface area contributed by atoms with E-state index in [0.717, 1.165) is 22.3 Å². The zero-order chi connectivity index (χ0) is 19.0. The van der Waals surface area contributed by atoms with Crippen molar-refractivity contribution in [2.75, 3.05) is 19.1 Å². The number of nitrogens with one attached hydrogen (secondary N) is 1. The molecule has 0 aliphatic carbocycles. The number of rotatable bonds is 6. The molecule has 1 saturated heterocycles. The van der Waals surface area contributed by atoms with Crippen LogP contribution in [0.4, 0.5) is 4.79 Å². The van der Waals surface area contributed by atoms with Crippen molar-refractivity contribution >= 4 is 34.7 Å². The average Bonchev–Trinajstić information content (AvgIpc) is 3.08. The summed E-state index contributed by atoms with van der Waals surface area (Å²) in [6.45, 7) is 5.75. The van der Waals surface area contributed by atoms with Gasteiger partial charge < -0.3 is 14.5 Å². The highest BCUT2D eigenvalue weighted by molar-refractivity contribution is 7.98. The topological polar surface area (TPSA) is 71.8 Å². The van der Waals surface area contributed by atoms with Crippen molar-refractivity contribution in [3.63, 3.8) is 0 Å². The average molecular weight is 376 g/mol. The van der Waals surface area contributed by atoms with Gasteiger partial charge in [-0.05, 0) is 56.9 Å². The number of methoxy groups -OCH3 is 1. The second-order valence-corrected chi connectivity index (χ2v) is 7.59. The number of fused-ring (bicyclic) bond motifs is 1. The lowest BCUT2D eigenvalue weighted by molar-refractivity contribution is -0.129. The molecule has 1 N–H and O–H groups in total. The van der Waals surface area contributed by atoms with E-state index >= 15 is 0 Å². The van der Waals surface area contributed by atoms with E-state index in [2.05, 4.69) is 5.32 Å². The molecule has 1 fully saturated rings. The minimum absolute atomic E-state index is 0.195. The molecule has 2 aromatic rings. The number of thioether (sulfide) groups is 1. The quantitative estimate of drug-likeness (QED) is 0.777. The molecule has 3 amide bonds. The van der Waals surface area contributed by atoms with Crippen LogP contribution in [0.5, 0.6) is 5.75 Å². The minimum Gasteiger partial charge on any atom is -0.493 e. The van der Waals surface area contributed by atoms with E-state index < -0.39 is 12.1 Å². The summed E-state index contributed by atoms with van der Waals surface area (Å²) >= 11 is 1.65. The highest BCUT2D eigenvalue weighted by Crippen LogP contribution is 2.38. The van der Waals surface area contributed by atoms with Gasteiger partial charge in [-0.1, -0.05) is 0 Å². The van der Waals surface area contributed by atoms with Gasteiger partial charge in [-0.2, -0.15) is 11.8 Å². The Kier molecular flexibility index (Phi) is 5.18. The van der Waals surface area contributed by atoms with E-state index in [-0.39, 0.29) is 11.9 Å². The number of ether oxygens (including phenoxy) is 1. The van der Waals surface area contributed by atoms with Gasteiger partial charge in [0, 0.05) is 10.9 Å². The monoisotopic (exact) mass is 376 g/mol. The molecular weight excluding hydrogens is 352 g/mol. The van der Waals surface area contributed by atoms with Crippen molar-refractivity contribution in [3.8, 4) is 5.75 Å². The van der Waals surface area contributed by atoms with Crippen LogP contribution in [0.25, 0.3) is 11.0 Å². The molecule has 0 radical (unpaired) electrons. The van der Waals surface area contributed by atoms with Gasteiger partial charge in [0.2, 0.25) is 0 Å². The summed E-state index contributed by atoms with van der Waals surface area (Å²) in [5.74, 6) is 1.88. The number of hydrogen-bond donors (Lipinski definition) is 1. The Morgan fingerprint density at radius 2 is 2.08 bits per heavy atom. The SMILES string of the molecule is COc1cc(C)cc2c(C)c([C@@H](C)N3C(=O)N[C@H](CCSC)C3=O)oc12. The second kappa shape index (κ2) is 7.23. The standard InChI is InChI=1S/C19H24N2O4S/c1-10-8-13-11(2)16(25-17(13)15(9-10)24-4)12(3)21-18(22)14(6-7-26-5)20-19(21)23/h8-9,12,14H,6-7H2,1-5H3,(H,20,23)/t12-,14-/m1/s1. The zero-order valence-electron chi connectivity index (χ0n) is 15.7. The number of benzene rings is 1. The van der Waals surface area contributed by atoms with Gasteiger partial charge in [0.15, 0.2) is 11.3 Å². The molecule has 0 unspecified atom stereocenters. The summed E-state index contributed by atoms with van der Waals surface area (Å²) in [6, 6.07) is 2.63. The van der Waals surface area contributed by atoms with E-state index in [9.17, 15) is 9.59 Å². The molecule has 1 aromatic carbocycles. The van der Waals surface area contributed by atoms with Crippen LogP contribution in [0.2, 0.25) is 0 Å². The van der Waals surface area contributed by atoms with Crippen molar-refractivity contribution in [1.82, 2.24) is 10.2 Å². The molecule has 0 spiro atoms. The number of aryl methyl sites for hydroxylation is 2. The van der Waals surface area contributed by atoms with Crippen LogP contribution in [0, 0.1) is 13.8 Å². The number of hydrogen-bond acceptors (Lipinski definition) is 5. The lowest BCUT2D eigenvalue weighted by Gasteiger charge is -2.20. The molecule has 1 aliphatic rings. The maximum atomic E-state index is 12.7. The smallest absolute Gasteiger partial charge is 0.325 e. The Hall–Kier alpha value is -2.15. The Morgan fingerprint density at radius 3 is 2.73 bits per heavy atom. The third-order valence-electron chi connectivity index (χ3n) is 4.83. The molecule has 1 aliphatic heterocycles. The molecular formula is C19H24N2O4S. The highest BCUT2D eigenvalue weighted by Gasteiger charge is 2.42.